The average molecular weight is 494 g/mol. The molecule has 138 valence electrons. The van der Waals surface area contributed by atoms with Crippen LogP contribution in [-0.2, 0) is 11.3 Å². The number of esters is 1. The van der Waals surface area contributed by atoms with Crippen molar-refractivity contribution in [2.24, 2.45) is 0 Å². The predicted molar refractivity (Wildman–Crippen MR) is 97.0 cm³/mol. The van der Waals surface area contributed by atoms with Gasteiger partial charge in [0, 0.05) is 24.6 Å². The maximum atomic E-state index is 13.0. The second kappa shape index (κ2) is 7.43. The minimum absolute atomic E-state index is 0.0558. The Labute approximate surface area is 171 Å². The number of imidazole rings is 1. The Morgan fingerprint density at radius 2 is 2.19 bits per heavy atom. The second-order valence-corrected chi connectivity index (χ2v) is 9.80. The highest BCUT2D eigenvalue weighted by Gasteiger charge is 2.30. The number of benzene rings is 1. The van der Waals surface area contributed by atoms with Crippen molar-refractivity contribution < 1.29 is 35.5 Å². The van der Waals surface area contributed by atoms with Gasteiger partial charge in [0.1, 0.15) is 6.33 Å². The first-order valence-corrected chi connectivity index (χ1v) is 11.5. The molecule has 0 saturated carbocycles. The molecule has 0 fully saturated rings. The van der Waals surface area contributed by atoms with Gasteiger partial charge >= 0.3 is 27.2 Å². The molecule has 0 N–H and O–H groups in total. The number of aromatic nitrogens is 2. The molecule has 27 heavy (non-hydrogen) atoms. The van der Waals surface area contributed by atoms with Crippen molar-refractivity contribution in [2.45, 2.75) is 13.5 Å². The number of hydrogen-bond donors (Lipinski definition) is 0. The monoisotopic (exact) mass is 494 g/mol. The summed E-state index contributed by atoms with van der Waals surface area (Å²) in [6, 6.07) is 8.14. The second-order valence-electron chi connectivity index (χ2n) is 5.99. The first kappa shape index (κ1) is 18.2. The van der Waals surface area contributed by atoms with E-state index in [0.717, 1.165) is 5.69 Å². The van der Waals surface area contributed by atoms with Crippen LogP contribution in [0.3, 0.4) is 0 Å². The van der Waals surface area contributed by atoms with Crippen LogP contribution in [0.5, 0.6) is 0 Å². The third-order valence-electron chi connectivity index (χ3n) is 4.22. The lowest BCUT2D eigenvalue weighted by Crippen LogP contribution is -3.61. The molecular formula is C19H17IN3O3S+. The number of rotatable bonds is 4. The molecule has 0 saturated heterocycles. The van der Waals surface area contributed by atoms with E-state index in [0.29, 0.717) is 17.8 Å². The van der Waals surface area contributed by atoms with E-state index in [4.69, 9.17) is 4.74 Å². The summed E-state index contributed by atoms with van der Waals surface area (Å²) in [5, 5.41) is 4.23. The van der Waals surface area contributed by atoms with E-state index in [2.05, 4.69) is 27.9 Å². The van der Waals surface area contributed by atoms with Gasteiger partial charge in [-0.15, -0.1) is 11.3 Å². The lowest BCUT2D eigenvalue weighted by Gasteiger charge is -2.14. The van der Waals surface area contributed by atoms with Crippen LogP contribution in [0.4, 0.5) is 0 Å². The summed E-state index contributed by atoms with van der Waals surface area (Å²) in [5.41, 5.74) is 2.32. The van der Waals surface area contributed by atoms with Crippen molar-refractivity contribution >= 4 is 23.2 Å². The molecule has 4 rings (SSSR count). The van der Waals surface area contributed by atoms with Crippen LogP contribution in [-0.4, -0.2) is 40.0 Å². The van der Waals surface area contributed by atoms with Gasteiger partial charge in [-0.1, -0.05) is 0 Å². The molecule has 0 spiro atoms. The summed E-state index contributed by atoms with van der Waals surface area (Å²) in [6.45, 7) is 2.35. The Balaban J connectivity index is 1.79. The van der Waals surface area contributed by atoms with Gasteiger partial charge < -0.3 is 9.64 Å². The predicted octanol–water partition coefficient (Wildman–Crippen LogP) is -0.175. The summed E-state index contributed by atoms with van der Waals surface area (Å²) in [5.74, 6) is -0.518. The Hall–Kier alpha value is -2.20. The first-order valence-electron chi connectivity index (χ1n) is 8.38. The summed E-state index contributed by atoms with van der Waals surface area (Å²) in [4.78, 5) is 31.1. The molecule has 6 nitrogen and oxygen atoms in total. The molecule has 0 aliphatic carbocycles. The maximum Gasteiger partial charge on any atom is 0.358 e. The van der Waals surface area contributed by atoms with Gasteiger partial charge in [-0.3, -0.25) is 9.36 Å². The highest BCUT2D eigenvalue weighted by molar-refractivity contribution is 7.07. The number of amides is 1. The molecule has 1 aromatic carbocycles. The standard InChI is InChI=1S/C19H17IN3O3S/c1-3-26-19(25)17-16-9-22(2)18(24)14-8-12(20-13-6-7-27-10-13)4-5-15(14)23(16)11-21-17/h4-8,10-11H,3,9H2,1-2H3/q+1. The van der Waals surface area contributed by atoms with E-state index in [-0.39, 0.29) is 39.4 Å². The zero-order valence-electron chi connectivity index (χ0n) is 14.8. The Bertz CT molecular complexity index is 1010. The molecule has 1 aliphatic heterocycles. The van der Waals surface area contributed by atoms with Crippen molar-refractivity contribution in [3.63, 3.8) is 0 Å². The van der Waals surface area contributed by atoms with E-state index >= 15 is 0 Å². The highest BCUT2D eigenvalue weighted by atomic mass is 127. The molecule has 0 atom stereocenters. The number of carbonyl (C=O) groups is 2. The molecule has 3 heterocycles. The van der Waals surface area contributed by atoms with E-state index in [1.807, 2.05) is 16.7 Å². The van der Waals surface area contributed by atoms with Gasteiger partial charge in [0.15, 0.2) is 9.26 Å². The SMILES string of the molecule is CCOC(=O)c1ncn2c1CN(C)C(=O)c1cc([I+]c3ccsc3)ccc1-2. The number of fused-ring (bicyclic) bond motifs is 3. The van der Waals surface area contributed by atoms with E-state index in [1.54, 1.807) is 36.5 Å². The smallest absolute Gasteiger partial charge is 0.358 e. The molecular weight excluding hydrogens is 477 g/mol. The third kappa shape index (κ3) is 3.39. The molecule has 8 heteroatoms. The normalized spacial score (nSPS) is 13.1. The number of ether oxygens (including phenoxy) is 1. The first-order chi connectivity index (χ1) is 13.1. The Morgan fingerprint density at radius 1 is 1.33 bits per heavy atom. The molecule has 0 unspecified atom stereocenters. The zero-order chi connectivity index (χ0) is 19.0. The van der Waals surface area contributed by atoms with Crippen molar-refractivity contribution in [3.05, 3.63) is 65.4 Å². The topological polar surface area (TPSA) is 64.4 Å². The minimum atomic E-state index is -0.463. The largest absolute Gasteiger partial charge is 0.461 e. The van der Waals surface area contributed by atoms with E-state index in [9.17, 15) is 9.59 Å². The van der Waals surface area contributed by atoms with Crippen LogP contribution in [0.25, 0.3) is 5.69 Å². The molecule has 1 amide bonds. The van der Waals surface area contributed by atoms with Crippen LogP contribution in [0.1, 0.15) is 33.5 Å². The van der Waals surface area contributed by atoms with Gasteiger partial charge in [-0.2, -0.15) is 0 Å². The quantitative estimate of drug-likeness (QED) is 0.373. The van der Waals surface area contributed by atoms with Crippen molar-refractivity contribution in [1.29, 1.82) is 0 Å². The highest BCUT2D eigenvalue weighted by Crippen LogP contribution is 2.25. The van der Waals surface area contributed by atoms with Gasteiger partial charge in [-0.25, -0.2) is 9.78 Å². The summed E-state index contributed by atoms with van der Waals surface area (Å²) in [7, 11) is 1.74. The average Bonchev–Trinajstić information content (AvgIpc) is 3.29. The molecule has 3 aromatic rings. The number of nitrogens with zero attached hydrogens (tertiary/aromatic N) is 3. The van der Waals surface area contributed by atoms with Gasteiger partial charge in [0.2, 0.25) is 3.57 Å². The van der Waals surface area contributed by atoms with Gasteiger partial charge in [-0.05, 0) is 24.4 Å². The van der Waals surface area contributed by atoms with Crippen LogP contribution < -0.4 is 21.2 Å². The van der Waals surface area contributed by atoms with E-state index < -0.39 is 5.97 Å². The molecule has 2 aromatic heterocycles. The van der Waals surface area contributed by atoms with Crippen LogP contribution in [0.2, 0.25) is 0 Å². The number of thiophene rings is 1. The fraction of sp³-hybridized carbons (Fsp3) is 0.211. The van der Waals surface area contributed by atoms with Crippen LogP contribution in [0, 0.1) is 7.14 Å². The fourth-order valence-corrected chi connectivity index (χ4v) is 6.51. The Morgan fingerprint density at radius 3 is 2.93 bits per heavy atom. The van der Waals surface area contributed by atoms with Crippen molar-refractivity contribution in [1.82, 2.24) is 14.5 Å². The zero-order valence-corrected chi connectivity index (χ0v) is 17.8. The maximum absolute atomic E-state index is 13.0. The summed E-state index contributed by atoms with van der Waals surface area (Å²) >= 11 is 1.36. The van der Waals surface area contributed by atoms with Gasteiger partial charge in [0.25, 0.3) is 5.91 Å². The van der Waals surface area contributed by atoms with Crippen molar-refractivity contribution in [3.8, 4) is 5.69 Å². The summed E-state index contributed by atoms with van der Waals surface area (Å²) in [6.07, 6.45) is 1.60. The minimum Gasteiger partial charge on any atom is -0.461 e. The lowest BCUT2D eigenvalue weighted by molar-refractivity contribution is -0.597. The lowest BCUT2D eigenvalue weighted by atomic mass is 10.1. The fourth-order valence-electron chi connectivity index (χ4n) is 2.98. The Kier molecular flexibility index (Phi) is 5.00. The van der Waals surface area contributed by atoms with E-state index in [1.165, 1.54) is 7.14 Å². The molecule has 1 aliphatic rings. The number of halogens is 1. The third-order valence-corrected chi connectivity index (χ3v) is 7.92. The number of carbonyl (C=O) groups excluding carboxylic acids is 2. The van der Waals surface area contributed by atoms with Crippen molar-refractivity contribution in [2.75, 3.05) is 13.7 Å². The van der Waals surface area contributed by atoms with Gasteiger partial charge in [0.05, 0.1) is 30.1 Å². The number of hydrogen-bond acceptors (Lipinski definition) is 5. The summed E-state index contributed by atoms with van der Waals surface area (Å²) < 4.78 is 9.45. The van der Waals surface area contributed by atoms with Crippen LogP contribution >= 0.6 is 11.3 Å². The molecule has 0 bridgehead atoms. The molecule has 0 radical (unpaired) electrons. The van der Waals surface area contributed by atoms with Crippen LogP contribution in [0.15, 0.2) is 41.4 Å².